The van der Waals surface area contributed by atoms with Crippen LogP contribution < -0.4 is 0 Å². The number of hydrogen-bond donors (Lipinski definition) is 0. The lowest BCUT2D eigenvalue weighted by molar-refractivity contribution is -0.139. The van der Waals surface area contributed by atoms with Gasteiger partial charge in [0.15, 0.2) is 5.82 Å². The first-order valence-corrected chi connectivity index (χ1v) is 10.0. The quantitative estimate of drug-likeness (QED) is 0.753. The van der Waals surface area contributed by atoms with Crippen LogP contribution in [0, 0.1) is 11.3 Å². The second-order valence-corrected chi connectivity index (χ2v) is 8.54. The summed E-state index contributed by atoms with van der Waals surface area (Å²) < 4.78 is 1.73. The van der Waals surface area contributed by atoms with Gasteiger partial charge >= 0.3 is 0 Å². The maximum absolute atomic E-state index is 12.8. The summed E-state index contributed by atoms with van der Waals surface area (Å²) in [5, 5.41) is 0. The minimum absolute atomic E-state index is 0.00200. The van der Waals surface area contributed by atoms with Crippen LogP contribution in [-0.2, 0) is 16.6 Å². The van der Waals surface area contributed by atoms with Crippen LogP contribution in [0.4, 0.5) is 0 Å². The van der Waals surface area contributed by atoms with Crippen LogP contribution in [0.3, 0.4) is 0 Å². The molecule has 0 unspecified atom stereocenters. The van der Waals surface area contributed by atoms with Crippen molar-refractivity contribution in [2.75, 3.05) is 26.2 Å². The van der Waals surface area contributed by atoms with Crippen molar-refractivity contribution in [3.05, 3.63) is 18.2 Å². The van der Waals surface area contributed by atoms with Gasteiger partial charge in [-0.15, -0.1) is 0 Å². The van der Waals surface area contributed by atoms with Gasteiger partial charge in [0.2, 0.25) is 17.6 Å². The van der Waals surface area contributed by atoms with E-state index in [9.17, 15) is 14.4 Å². The van der Waals surface area contributed by atoms with Gasteiger partial charge in [0, 0.05) is 51.4 Å². The molecular formula is C20H28N4O3. The Labute approximate surface area is 159 Å². The van der Waals surface area contributed by atoms with E-state index in [2.05, 4.69) is 4.98 Å². The zero-order valence-corrected chi connectivity index (χ0v) is 16.0. The summed E-state index contributed by atoms with van der Waals surface area (Å²) in [4.78, 5) is 45.6. The average Bonchev–Trinajstić information content (AvgIpc) is 3.36. The van der Waals surface area contributed by atoms with Crippen molar-refractivity contribution in [2.45, 2.75) is 44.9 Å². The molecule has 1 spiro atoms. The molecule has 0 bridgehead atoms. The molecule has 0 N–H and O–H groups in total. The fourth-order valence-corrected chi connectivity index (χ4v) is 5.05. The Morgan fingerprint density at radius 3 is 2.74 bits per heavy atom. The highest BCUT2D eigenvalue weighted by Crippen LogP contribution is 2.45. The number of aromatic nitrogens is 2. The van der Waals surface area contributed by atoms with Gasteiger partial charge in [0.1, 0.15) is 0 Å². The molecule has 27 heavy (non-hydrogen) atoms. The zero-order valence-electron chi connectivity index (χ0n) is 16.0. The summed E-state index contributed by atoms with van der Waals surface area (Å²) >= 11 is 0. The van der Waals surface area contributed by atoms with Crippen LogP contribution >= 0.6 is 0 Å². The van der Waals surface area contributed by atoms with Crippen LogP contribution in [0.5, 0.6) is 0 Å². The minimum Gasteiger partial charge on any atom is -0.340 e. The van der Waals surface area contributed by atoms with E-state index in [1.54, 1.807) is 26.8 Å². The smallest absolute Gasteiger partial charge is 0.242 e. The number of carbonyl (C=O) groups excluding carboxylic acids is 3. The summed E-state index contributed by atoms with van der Waals surface area (Å²) in [6.07, 6.45) is 10.2. The number of carbonyl (C=O) groups is 3. The molecule has 3 fully saturated rings. The third-order valence-electron chi connectivity index (χ3n) is 6.58. The molecule has 2 amide bonds. The lowest BCUT2D eigenvalue weighted by Gasteiger charge is -2.33. The molecule has 3 heterocycles. The van der Waals surface area contributed by atoms with E-state index in [0.29, 0.717) is 25.3 Å². The number of nitrogens with zero attached hydrogens (tertiary/aromatic N) is 4. The fourth-order valence-electron chi connectivity index (χ4n) is 5.05. The minimum atomic E-state index is -0.209. The standard InChI is InChI=1S/C20H28N4O3/c1-22-10-8-21-19(22)18(27)15-5-4-9-23(12-15)17(26)13-24-14-20(11-16(24)25)6-2-3-7-20/h8,10,15H,2-7,9,11-14H2,1H3/t15-/m0/s1. The van der Waals surface area contributed by atoms with Gasteiger partial charge in [0.05, 0.1) is 6.54 Å². The van der Waals surface area contributed by atoms with Crippen LogP contribution in [0.2, 0.25) is 0 Å². The molecule has 3 aliphatic rings. The number of aryl methyl sites for hydroxylation is 1. The van der Waals surface area contributed by atoms with Crippen molar-refractivity contribution in [3.63, 3.8) is 0 Å². The van der Waals surface area contributed by atoms with E-state index >= 15 is 0 Å². The van der Waals surface area contributed by atoms with Gasteiger partial charge in [0.25, 0.3) is 0 Å². The monoisotopic (exact) mass is 372 g/mol. The Kier molecular flexibility index (Phi) is 4.78. The van der Waals surface area contributed by atoms with Gasteiger partial charge in [-0.2, -0.15) is 0 Å². The predicted molar refractivity (Wildman–Crippen MR) is 98.9 cm³/mol. The number of rotatable bonds is 4. The average molecular weight is 372 g/mol. The molecule has 0 aromatic carbocycles. The second kappa shape index (κ2) is 7.09. The fraction of sp³-hybridized carbons (Fsp3) is 0.700. The summed E-state index contributed by atoms with van der Waals surface area (Å²) in [7, 11) is 1.81. The Hall–Kier alpha value is -2.18. The van der Waals surface area contributed by atoms with Crippen molar-refractivity contribution >= 4 is 17.6 Å². The predicted octanol–water partition coefficient (Wildman–Crippen LogP) is 1.63. The number of ketones is 1. The first-order valence-electron chi connectivity index (χ1n) is 10.0. The first-order chi connectivity index (χ1) is 13.0. The van der Waals surface area contributed by atoms with E-state index in [1.807, 2.05) is 7.05 Å². The van der Waals surface area contributed by atoms with Crippen molar-refractivity contribution < 1.29 is 14.4 Å². The largest absolute Gasteiger partial charge is 0.340 e. The second-order valence-electron chi connectivity index (χ2n) is 8.54. The molecule has 2 aliphatic heterocycles. The van der Waals surface area contributed by atoms with Crippen molar-refractivity contribution in [2.24, 2.45) is 18.4 Å². The van der Waals surface area contributed by atoms with Crippen LogP contribution in [0.15, 0.2) is 12.4 Å². The van der Waals surface area contributed by atoms with E-state index in [0.717, 1.165) is 32.2 Å². The van der Waals surface area contributed by atoms with E-state index < -0.39 is 0 Å². The van der Waals surface area contributed by atoms with Crippen molar-refractivity contribution in [1.82, 2.24) is 19.4 Å². The van der Waals surface area contributed by atoms with Crippen LogP contribution in [0.25, 0.3) is 0 Å². The Morgan fingerprint density at radius 1 is 1.26 bits per heavy atom. The topological polar surface area (TPSA) is 75.5 Å². The van der Waals surface area contributed by atoms with E-state index in [-0.39, 0.29) is 35.5 Å². The highest BCUT2D eigenvalue weighted by Gasteiger charge is 2.45. The summed E-state index contributed by atoms with van der Waals surface area (Å²) in [6, 6.07) is 0. The maximum atomic E-state index is 12.8. The number of imidazole rings is 1. The SMILES string of the molecule is Cn1ccnc1C(=O)[C@H]1CCCN(C(=O)CN2CC3(CCCC3)CC2=O)C1. The molecular weight excluding hydrogens is 344 g/mol. The lowest BCUT2D eigenvalue weighted by atomic mass is 9.85. The molecule has 1 atom stereocenters. The van der Waals surface area contributed by atoms with Gasteiger partial charge in [-0.25, -0.2) is 4.98 Å². The molecule has 146 valence electrons. The number of likely N-dealkylation sites (tertiary alicyclic amines) is 2. The van der Waals surface area contributed by atoms with Crippen LogP contribution in [0.1, 0.15) is 55.6 Å². The number of hydrogen-bond acceptors (Lipinski definition) is 4. The molecule has 4 rings (SSSR count). The summed E-state index contributed by atoms with van der Waals surface area (Å²) in [6.45, 7) is 1.97. The Balaban J connectivity index is 1.37. The Morgan fingerprint density at radius 2 is 2.04 bits per heavy atom. The van der Waals surface area contributed by atoms with Gasteiger partial charge < -0.3 is 14.4 Å². The third-order valence-corrected chi connectivity index (χ3v) is 6.58. The molecule has 1 aromatic heterocycles. The number of amides is 2. The van der Waals surface area contributed by atoms with Gasteiger partial charge in [-0.1, -0.05) is 12.8 Å². The zero-order chi connectivity index (χ0) is 19.0. The number of piperidine rings is 1. The third kappa shape index (κ3) is 3.51. The van der Waals surface area contributed by atoms with Gasteiger partial charge in [-0.05, 0) is 31.1 Å². The molecule has 1 aliphatic carbocycles. The molecule has 1 aromatic rings. The van der Waals surface area contributed by atoms with Gasteiger partial charge in [-0.3, -0.25) is 14.4 Å². The van der Waals surface area contributed by atoms with E-state index in [4.69, 9.17) is 0 Å². The molecule has 7 heteroatoms. The molecule has 0 radical (unpaired) electrons. The first kappa shape index (κ1) is 18.2. The lowest BCUT2D eigenvalue weighted by Crippen LogP contribution is -2.47. The molecule has 2 saturated heterocycles. The Bertz CT molecular complexity index is 750. The highest BCUT2D eigenvalue weighted by molar-refractivity contribution is 5.95. The van der Waals surface area contributed by atoms with Crippen LogP contribution in [-0.4, -0.2) is 63.1 Å². The summed E-state index contributed by atoms with van der Waals surface area (Å²) in [5.74, 6) is 0.326. The molecule has 7 nitrogen and oxygen atoms in total. The molecule has 1 saturated carbocycles. The van der Waals surface area contributed by atoms with E-state index in [1.165, 1.54) is 12.8 Å². The maximum Gasteiger partial charge on any atom is 0.242 e. The normalized spacial score (nSPS) is 24.8. The summed E-state index contributed by atoms with van der Waals surface area (Å²) in [5.41, 5.74) is 0.121. The van der Waals surface area contributed by atoms with Crippen molar-refractivity contribution in [3.8, 4) is 0 Å². The number of Topliss-reactive ketones (excluding diaryl/α,β-unsaturated/α-hetero) is 1. The highest BCUT2D eigenvalue weighted by atomic mass is 16.2. The van der Waals surface area contributed by atoms with Crippen molar-refractivity contribution in [1.29, 1.82) is 0 Å².